The molecule has 0 bridgehead atoms. The number of hydrogen-bond donors (Lipinski definition) is 0. The molecule has 2 fully saturated rings. The van der Waals surface area contributed by atoms with Crippen molar-refractivity contribution in [3.63, 3.8) is 0 Å². The van der Waals surface area contributed by atoms with Gasteiger partial charge in [-0.15, -0.1) is 0 Å². The van der Waals surface area contributed by atoms with Crippen molar-refractivity contribution in [2.45, 2.75) is 25.9 Å². The summed E-state index contributed by atoms with van der Waals surface area (Å²) in [7, 11) is 1.56. The van der Waals surface area contributed by atoms with E-state index >= 15 is 0 Å². The van der Waals surface area contributed by atoms with E-state index in [1.54, 1.807) is 36.3 Å². The lowest BCUT2D eigenvalue weighted by molar-refractivity contribution is -0.136. The summed E-state index contributed by atoms with van der Waals surface area (Å²) in [6.07, 6.45) is 4.66. The highest BCUT2D eigenvalue weighted by molar-refractivity contribution is 8.18. The fraction of sp³-hybridized carbons (Fsp3) is 0.320. The number of ether oxygens (including phenoxy) is 2. The molecule has 0 aliphatic carbocycles. The predicted octanol–water partition coefficient (Wildman–Crippen LogP) is 4.32. The van der Waals surface area contributed by atoms with Crippen molar-refractivity contribution in [1.82, 2.24) is 9.80 Å². The highest BCUT2D eigenvalue weighted by atomic mass is 32.2. The normalized spacial score (nSPS) is 17.5. The van der Waals surface area contributed by atoms with Crippen LogP contribution in [0.4, 0.5) is 4.79 Å². The molecule has 0 N–H and O–H groups in total. The van der Waals surface area contributed by atoms with E-state index in [2.05, 4.69) is 0 Å². The van der Waals surface area contributed by atoms with Crippen molar-refractivity contribution < 1.29 is 23.9 Å². The number of hydrogen-bond acceptors (Lipinski definition) is 6. The van der Waals surface area contributed by atoms with Gasteiger partial charge in [0.05, 0.1) is 12.0 Å². The van der Waals surface area contributed by atoms with Crippen LogP contribution in [-0.4, -0.2) is 53.6 Å². The van der Waals surface area contributed by atoms with Crippen LogP contribution in [0.1, 0.15) is 30.4 Å². The van der Waals surface area contributed by atoms with Crippen molar-refractivity contribution >= 4 is 34.9 Å². The Morgan fingerprint density at radius 1 is 1.03 bits per heavy atom. The molecule has 3 amide bonds. The van der Waals surface area contributed by atoms with E-state index in [4.69, 9.17) is 9.47 Å². The van der Waals surface area contributed by atoms with Crippen LogP contribution in [0.2, 0.25) is 0 Å². The third-order valence-electron chi connectivity index (χ3n) is 5.60. The minimum atomic E-state index is -0.446. The highest BCUT2D eigenvalue weighted by Gasteiger charge is 2.37. The summed E-state index contributed by atoms with van der Waals surface area (Å²) in [5.74, 6) is 0.482. The third kappa shape index (κ3) is 5.57. The van der Waals surface area contributed by atoms with E-state index in [-0.39, 0.29) is 17.4 Å². The third-order valence-corrected chi connectivity index (χ3v) is 6.51. The van der Waals surface area contributed by atoms with E-state index in [1.807, 2.05) is 30.3 Å². The van der Waals surface area contributed by atoms with Crippen LogP contribution in [0.3, 0.4) is 0 Å². The molecule has 2 aliphatic rings. The summed E-state index contributed by atoms with van der Waals surface area (Å²) in [5.41, 5.74) is 1.72. The van der Waals surface area contributed by atoms with Gasteiger partial charge in [0.2, 0.25) is 5.91 Å². The molecular weight excluding hydrogens is 440 g/mol. The molecule has 2 aromatic carbocycles. The van der Waals surface area contributed by atoms with Crippen LogP contribution >= 0.6 is 11.8 Å². The largest absolute Gasteiger partial charge is 0.493 e. The average molecular weight is 467 g/mol. The minimum absolute atomic E-state index is 0.181. The predicted molar refractivity (Wildman–Crippen MR) is 127 cm³/mol. The zero-order valence-corrected chi connectivity index (χ0v) is 19.3. The topological polar surface area (TPSA) is 76.2 Å². The van der Waals surface area contributed by atoms with Gasteiger partial charge in [-0.1, -0.05) is 36.4 Å². The van der Waals surface area contributed by atoms with Crippen LogP contribution in [0.5, 0.6) is 11.5 Å². The Morgan fingerprint density at radius 2 is 1.79 bits per heavy atom. The SMILES string of the molecule is COc1ccc(/C=C2\SC(=O)N(CC(=O)N3CCCCC3)C2=O)cc1OCc1ccccc1. The first-order valence-electron chi connectivity index (χ1n) is 10.9. The molecular formula is C25H26N2O5S. The Bertz CT molecular complexity index is 1060. The van der Waals surface area contributed by atoms with Crippen molar-refractivity contribution in [1.29, 1.82) is 0 Å². The molecule has 0 saturated carbocycles. The van der Waals surface area contributed by atoms with E-state index in [0.717, 1.165) is 41.5 Å². The number of rotatable bonds is 7. The van der Waals surface area contributed by atoms with Gasteiger partial charge >= 0.3 is 0 Å². The number of imide groups is 1. The van der Waals surface area contributed by atoms with Gasteiger partial charge in [-0.2, -0.15) is 0 Å². The van der Waals surface area contributed by atoms with Crippen LogP contribution in [-0.2, 0) is 16.2 Å². The van der Waals surface area contributed by atoms with Crippen molar-refractivity contribution in [2.75, 3.05) is 26.7 Å². The Morgan fingerprint density at radius 3 is 2.52 bits per heavy atom. The number of carbonyl (C=O) groups is 3. The number of nitrogens with zero attached hydrogens (tertiary/aromatic N) is 2. The summed E-state index contributed by atoms with van der Waals surface area (Å²) < 4.78 is 11.3. The molecule has 2 heterocycles. The molecule has 33 heavy (non-hydrogen) atoms. The molecule has 172 valence electrons. The molecule has 0 spiro atoms. The summed E-state index contributed by atoms with van der Waals surface area (Å²) in [6.45, 7) is 1.52. The maximum absolute atomic E-state index is 12.8. The van der Waals surface area contributed by atoms with Crippen LogP contribution in [0.25, 0.3) is 6.08 Å². The highest BCUT2D eigenvalue weighted by Crippen LogP contribution is 2.35. The summed E-state index contributed by atoms with van der Waals surface area (Å²) >= 11 is 0.847. The van der Waals surface area contributed by atoms with Gasteiger partial charge in [0.1, 0.15) is 13.2 Å². The zero-order chi connectivity index (χ0) is 23.2. The second-order valence-electron chi connectivity index (χ2n) is 7.89. The summed E-state index contributed by atoms with van der Waals surface area (Å²) in [5, 5.41) is -0.425. The lowest BCUT2D eigenvalue weighted by atomic mass is 10.1. The van der Waals surface area contributed by atoms with Gasteiger partial charge in [0.25, 0.3) is 11.1 Å². The first-order chi connectivity index (χ1) is 16.0. The number of thioether (sulfide) groups is 1. The average Bonchev–Trinajstić information content (AvgIpc) is 3.11. The van der Waals surface area contributed by atoms with Crippen molar-refractivity contribution in [2.24, 2.45) is 0 Å². The molecule has 7 nitrogen and oxygen atoms in total. The van der Waals surface area contributed by atoms with E-state index in [0.29, 0.717) is 36.8 Å². The molecule has 0 unspecified atom stereocenters. The maximum Gasteiger partial charge on any atom is 0.294 e. The molecule has 8 heteroatoms. The smallest absolute Gasteiger partial charge is 0.294 e. The van der Waals surface area contributed by atoms with Crippen LogP contribution in [0.15, 0.2) is 53.4 Å². The lowest BCUT2D eigenvalue weighted by Gasteiger charge is -2.27. The fourth-order valence-corrected chi connectivity index (χ4v) is 4.64. The number of amides is 3. The Labute approximate surface area is 197 Å². The molecule has 4 rings (SSSR count). The first-order valence-corrected chi connectivity index (χ1v) is 11.7. The molecule has 0 aromatic heterocycles. The quantitative estimate of drug-likeness (QED) is 0.566. The van der Waals surface area contributed by atoms with Crippen molar-refractivity contribution in [3.8, 4) is 11.5 Å². The van der Waals surface area contributed by atoms with E-state index < -0.39 is 11.1 Å². The van der Waals surface area contributed by atoms with Gasteiger partial charge in [0.15, 0.2) is 11.5 Å². The number of likely N-dealkylation sites (tertiary alicyclic amines) is 1. The van der Waals surface area contributed by atoms with Crippen LogP contribution < -0.4 is 9.47 Å². The maximum atomic E-state index is 12.8. The number of piperidine rings is 1. The van der Waals surface area contributed by atoms with Gasteiger partial charge in [-0.25, -0.2) is 0 Å². The fourth-order valence-electron chi connectivity index (χ4n) is 3.80. The summed E-state index contributed by atoms with van der Waals surface area (Å²) in [6, 6.07) is 15.1. The Balaban J connectivity index is 1.47. The van der Waals surface area contributed by atoms with Crippen molar-refractivity contribution in [3.05, 3.63) is 64.6 Å². The standard InChI is InChI=1S/C25H26N2O5S/c1-31-20-11-10-19(14-21(20)32-17-18-8-4-2-5-9-18)15-22-24(29)27(25(30)33-22)16-23(28)26-12-6-3-7-13-26/h2,4-5,8-11,14-15H,3,6-7,12-13,16-17H2,1H3/b22-15-. The minimum Gasteiger partial charge on any atom is -0.493 e. The van der Waals surface area contributed by atoms with Gasteiger partial charge in [-0.3, -0.25) is 19.3 Å². The molecule has 2 aromatic rings. The number of benzene rings is 2. The second kappa shape index (κ2) is 10.6. The Hall–Kier alpha value is -3.26. The second-order valence-corrected chi connectivity index (χ2v) is 8.89. The van der Waals surface area contributed by atoms with E-state index in [9.17, 15) is 14.4 Å². The number of methoxy groups -OCH3 is 1. The molecule has 0 radical (unpaired) electrons. The van der Waals surface area contributed by atoms with Crippen LogP contribution in [0, 0.1) is 0 Å². The van der Waals surface area contributed by atoms with Gasteiger partial charge in [0, 0.05) is 13.1 Å². The van der Waals surface area contributed by atoms with Gasteiger partial charge < -0.3 is 14.4 Å². The Kier molecular flexibility index (Phi) is 7.34. The summed E-state index contributed by atoms with van der Waals surface area (Å²) in [4.78, 5) is 40.9. The molecule has 2 aliphatic heterocycles. The molecule has 2 saturated heterocycles. The van der Waals surface area contributed by atoms with E-state index in [1.165, 1.54) is 0 Å². The zero-order valence-electron chi connectivity index (χ0n) is 18.5. The molecule has 0 atom stereocenters. The monoisotopic (exact) mass is 466 g/mol. The van der Waals surface area contributed by atoms with Gasteiger partial charge in [-0.05, 0) is 60.4 Å². The number of carbonyl (C=O) groups excluding carboxylic acids is 3. The lowest BCUT2D eigenvalue weighted by Crippen LogP contribution is -2.44. The first kappa shape index (κ1) is 22.9.